The number of pyridine rings is 1. The molecule has 2 N–H and O–H groups in total. The Morgan fingerprint density at radius 2 is 1.83 bits per heavy atom. The van der Waals surface area contributed by atoms with Crippen LogP contribution in [0.2, 0.25) is 0 Å². The minimum absolute atomic E-state index is 0.206. The van der Waals surface area contributed by atoms with Gasteiger partial charge in [0, 0.05) is 35.0 Å². The van der Waals surface area contributed by atoms with Gasteiger partial charge in [-0.3, -0.25) is 9.71 Å². The molecule has 1 saturated heterocycles. The molecule has 2 aliphatic heterocycles. The fourth-order valence-electron chi connectivity index (χ4n) is 5.58. The van der Waals surface area contributed by atoms with Gasteiger partial charge in [-0.05, 0) is 80.2 Å². The second-order valence-electron chi connectivity index (χ2n) is 9.95. The first-order valence-corrected chi connectivity index (χ1v) is 15.2. The predicted molar refractivity (Wildman–Crippen MR) is 161 cm³/mol. The number of anilines is 2. The van der Waals surface area contributed by atoms with Crippen LogP contribution in [-0.2, 0) is 10.0 Å². The average molecular weight is 592 g/mol. The third-order valence-electron chi connectivity index (χ3n) is 7.26. The minimum atomic E-state index is -3.56. The number of nitrogens with zero attached hydrogens (tertiary/aromatic N) is 3. The molecule has 0 aliphatic carbocycles. The Bertz CT molecular complexity index is 1760. The van der Waals surface area contributed by atoms with Crippen LogP contribution in [0.5, 0.6) is 17.2 Å². The summed E-state index contributed by atoms with van der Waals surface area (Å²) in [6.45, 7) is 4.34. The zero-order chi connectivity index (χ0) is 28.9. The molecule has 41 heavy (non-hydrogen) atoms. The van der Waals surface area contributed by atoms with Gasteiger partial charge in [0.25, 0.3) is 0 Å². The topological polar surface area (TPSA) is 107 Å². The fourth-order valence-corrected chi connectivity index (χ4v) is 6.49. The lowest BCUT2D eigenvalue weighted by molar-refractivity contribution is 0.174. The van der Waals surface area contributed by atoms with Crippen LogP contribution in [0.25, 0.3) is 5.69 Å². The average Bonchev–Trinajstić information content (AvgIpc) is 3.62. The van der Waals surface area contributed by atoms with Crippen LogP contribution in [-0.4, -0.2) is 43.2 Å². The molecule has 0 amide bonds. The van der Waals surface area contributed by atoms with Gasteiger partial charge in [0.15, 0.2) is 16.6 Å². The number of ether oxygens (including phenoxy) is 3. The first-order chi connectivity index (χ1) is 19.6. The Labute approximate surface area is 243 Å². The molecule has 4 aromatic rings. The van der Waals surface area contributed by atoms with Crippen molar-refractivity contribution in [1.29, 1.82) is 0 Å². The predicted octanol–water partition coefficient (Wildman–Crippen LogP) is 4.78. The lowest BCUT2D eigenvalue weighted by Crippen LogP contribution is -2.29. The zero-order valence-electron chi connectivity index (χ0n) is 22.9. The maximum absolute atomic E-state index is 12.1. The number of sulfonamides is 1. The van der Waals surface area contributed by atoms with Crippen molar-refractivity contribution in [2.24, 2.45) is 0 Å². The molecule has 212 valence electrons. The van der Waals surface area contributed by atoms with Crippen LogP contribution in [0.1, 0.15) is 34.7 Å². The molecule has 12 heteroatoms. The van der Waals surface area contributed by atoms with E-state index in [0.29, 0.717) is 28.0 Å². The third kappa shape index (κ3) is 4.93. The van der Waals surface area contributed by atoms with E-state index in [9.17, 15) is 8.42 Å². The maximum Gasteiger partial charge on any atom is 0.231 e. The van der Waals surface area contributed by atoms with Crippen LogP contribution in [0.4, 0.5) is 11.4 Å². The number of aryl methyl sites for hydroxylation is 1. The van der Waals surface area contributed by atoms with E-state index in [1.54, 1.807) is 18.3 Å². The van der Waals surface area contributed by atoms with Crippen LogP contribution < -0.4 is 29.1 Å². The van der Waals surface area contributed by atoms with E-state index in [1.165, 1.54) is 7.11 Å². The number of rotatable bonds is 7. The number of benzene rings is 2. The molecule has 2 aromatic carbocycles. The molecule has 6 rings (SSSR count). The largest absolute Gasteiger partial charge is 0.495 e. The summed E-state index contributed by atoms with van der Waals surface area (Å²) in [5.74, 6) is 1.83. The molecule has 0 saturated carbocycles. The third-order valence-corrected chi connectivity index (χ3v) is 8.16. The Morgan fingerprint density at radius 3 is 2.56 bits per heavy atom. The highest BCUT2D eigenvalue weighted by Gasteiger charge is 2.42. The smallest absolute Gasteiger partial charge is 0.231 e. The highest BCUT2D eigenvalue weighted by Crippen LogP contribution is 2.45. The molecule has 10 nitrogen and oxygen atoms in total. The van der Waals surface area contributed by atoms with Crippen molar-refractivity contribution >= 4 is 38.7 Å². The first-order valence-electron chi connectivity index (χ1n) is 12.9. The number of hydrogen-bond acceptors (Lipinski definition) is 7. The van der Waals surface area contributed by atoms with Crippen molar-refractivity contribution in [2.45, 2.75) is 25.9 Å². The first kappa shape index (κ1) is 26.9. The van der Waals surface area contributed by atoms with Crippen molar-refractivity contribution in [1.82, 2.24) is 14.9 Å². The van der Waals surface area contributed by atoms with Crippen molar-refractivity contribution < 1.29 is 22.6 Å². The van der Waals surface area contributed by atoms with Gasteiger partial charge in [-0.25, -0.2) is 8.42 Å². The van der Waals surface area contributed by atoms with Gasteiger partial charge in [0.1, 0.15) is 5.75 Å². The number of hydrogen-bond donors (Lipinski definition) is 2. The molecular weight excluding hydrogens is 562 g/mol. The molecule has 0 unspecified atom stereocenters. The summed E-state index contributed by atoms with van der Waals surface area (Å²) in [4.78, 5) is 6.66. The van der Waals surface area contributed by atoms with Crippen LogP contribution >= 0.6 is 12.2 Å². The second kappa shape index (κ2) is 10.3. The summed E-state index contributed by atoms with van der Waals surface area (Å²) < 4.78 is 45.6. The molecule has 2 aliphatic rings. The molecule has 2 atom stereocenters. The highest BCUT2D eigenvalue weighted by atomic mass is 32.2. The molecule has 0 bridgehead atoms. The van der Waals surface area contributed by atoms with Crippen LogP contribution in [0.15, 0.2) is 66.9 Å². The van der Waals surface area contributed by atoms with Crippen molar-refractivity contribution in [3.8, 4) is 22.9 Å². The monoisotopic (exact) mass is 591 g/mol. The standard InChI is InChI=1S/C29H29N5O5S2/c1-17-13-21(18(2)33(17)20-9-11-25-26(15-20)39-16-38-25)28-27(22-7-5-6-12-30-22)31-29(40)34(28)19-8-10-24(37-3)23(14-19)32-41(4,35)36/h5-15,27-28,32H,16H2,1-4H3,(H,31,40)/t27-,28-/m1/s1. The van der Waals surface area contributed by atoms with Gasteiger partial charge in [0.2, 0.25) is 16.8 Å². The van der Waals surface area contributed by atoms with E-state index in [0.717, 1.165) is 40.3 Å². The number of thiocarbonyl (C=S) groups is 1. The molecule has 0 spiro atoms. The lowest BCUT2D eigenvalue weighted by Gasteiger charge is -2.29. The van der Waals surface area contributed by atoms with E-state index in [-0.39, 0.29) is 18.9 Å². The Hall–Kier alpha value is -4.29. The van der Waals surface area contributed by atoms with E-state index >= 15 is 0 Å². The summed E-state index contributed by atoms with van der Waals surface area (Å²) in [6.07, 6.45) is 2.86. The maximum atomic E-state index is 12.1. The van der Waals surface area contributed by atoms with E-state index in [1.807, 2.05) is 47.4 Å². The van der Waals surface area contributed by atoms with Crippen molar-refractivity contribution in [3.63, 3.8) is 0 Å². The quantitative estimate of drug-likeness (QED) is 0.294. The van der Waals surface area contributed by atoms with Crippen molar-refractivity contribution in [2.75, 3.05) is 29.8 Å². The van der Waals surface area contributed by atoms with Gasteiger partial charge in [0.05, 0.1) is 36.8 Å². The normalized spacial score (nSPS) is 18.0. The Kier molecular flexibility index (Phi) is 6.74. The molecular formula is C29H29N5O5S2. The highest BCUT2D eigenvalue weighted by molar-refractivity contribution is 7.92. The van der Waals surface area contributed by atoms with Gasteiger partial charge in [-0.15, -0.1) is 0 Å². The minimum Gasteiger partial charge on any atom is -0.495 e. The van der Waals surface area contributed by atoms with Crippen LogP contribution in [0, 0.1) is 13.8 Å². The number of methoxy groups -OCH3 is 1. The fraction of sp³-hybridized carbons (Fsp3) is 0.241. The van der Waals surface area contributed by atoms with Gasteiger partial charge in [-0.2, -0.15) is 0 Å². The summed E-state index contributed by atoms with van der Waals surface area (Å²) in [5.41, 5.74) is 5.89. The summed E-state index contributed by atoms with van der Waals surface area (Å²) in [7, 11) is -2.06. The molecule has 4 heterocycles. The number of aromatic nitrogens is 2. The summed E-state index contributed by atoms with van der Waals surface area (Å²) in [5, 5.41) is 3.97. The SMILES string of the molecule is COc1ccc(N2C(=S)N[C@H](c3ccccn3)[C@H]2c2cc(C)n(-c3ccc4c(c3)OCO4)c2C)cc1NS(C)(=O)=O. The number of fused-ring (bicyclic) bond motifs is 1. The lowest BCUT2D eigenvalue weighted by atomic mass is 9.96. The molecule has 2 aromatic heterocycles. The van der Waals surface area contributed by atoms with Gasteiger partial charge in [-0.1, -0.05) is 6.07 Å². The molecule has 0 radical (unpaired) electrons. The molecule has 1 fully saturated rings. The van der Waals surface area contributed by atoms with E-state index in [2.05, 4.69) is 39.5 Å². The van der Waals surface area contributed by atoms with E-state index < -0.39 is 10.0 Å². The van der Waals surface area contributed by atoms with Crippen molar-refractivity contribution in [3.05, 3.63) is 89.5 Å². The second-order valence-corrected chi connectivity index (χ2v) is 12.1. The Balaban J connectivity index is 1.50. The summed E-state index contributed by atoms with van der Waals surface area (Å²) >= 11 is 5.90. The van der Waals surface area contributed by atoms with E-state index in [4.69, 9.17) is 26.4 Å². The Morgan fingerprint density at radius 1 is 1.05 bits per heavy atom. The van der Waals surface area contributed by atoms with Crippen LogP contribution in [0.3, 0.4) is 0 Å². The van der Waals surface area contributed by atoms with Gasteiger partial charge >= 0.3 is 0 Å². The summed E-state index contributed by atoms with van der Waals surface area (Å²) in [6, 6.07) is 18.6. The van der Waals surface area contributed by atoms with Gasteiger partial charge < -0.3 is 29.0 Å². The number of nitrogens with one attached hydrogen (secondary N) is 2. The zero-order valence-corrected chi connectivity index (χ0v) is 24.5.